The van der Waals surface area contributed by atoms with Crippen molar-refractivity contribution >= 4 is 5.84 Å². The molecule has 0 amide bonds. The van der Waals surface area contributed by atoms with Gasteiger partial charge >= 0.3 is 0 Å². The summed E-state index contributed by atoms with van der Waals surface area (Å²) in [6.45, 7) is 13.3. The molecular formula is C26H46N3+. The normalized spacial score (nSPS) is 21.3. The molecule has 164 valence electrons. The quantitative estimate of drug-likeness (QED) is 0.448. The molecule has 0 atom stereocenters. The van der Waals surface area contributed by atoms with Gasteiger partial charge in [0.05, 0.1) is 12.2 Å². The zero-order valence-corrected chi connectivity index (χ0v) is 19.0. The highest BCUT2D eigenvalue weighted by Gasteiger charge is 2.26. The molecule has 0 aromatic heterocycles. The third-order valence-corrected chi connectivity index (χ3v) is 6.23. The van der Waals surface area contributed by atoms with E-state index in [1.165, 1.54) is 102 Å². The molecule has 0 spiro atoms. The van der Waals surface area contributed by atoms with Crippen LogP contribution in [0.3, 0.4) is 0 Å². The first-order chi connectivity index (χ1) is 14.4. The van der Waals surface area contributed by atoms with Crippen molar-refractivity contribution in [1.29, 1.82) is 0 Å². The number of allylic oxidation sites excluding steroid dienone is 2. The van der Waals surface area contributed by atoms with Crippen LogP contribution in [-0.4, -0.2) is 48.0 Å². The Hall–Kier alpha value is -1.35. The Labute approximate surface area is 180 Å². The molecule has 1 aliphatic heterocycles. The van der Waals surface area contributed by atoms with Crippen LogP contribution in [0.4, 0.5) is 0 Å². The topological polar surface area (TPSA) is 18.3 Å². The molecule has 0 saturated carbocycles. The average molecular weight is 401 g/mol. The Morgan fingerprint density at radius 1 is 0.793 bits per heavy atom. The van der Waals surface area contributed by atoms with Gasteiger partial charge < -0.3 is 5.32 Å². The van der Waals surface area contributed by atoms with Gasteiger partial charge in [-0.3, -0.25) is 4.58 Å². The molecule has 29 heavy (non-hydrogen) atoms. The highest BCUT2D eigenvalue weighted by molar-refractivity contribution is 5.79. The van der Waals surface area contributed by atoms with Gasteiger partial charge in [-0.2, -0.15) is 0 Å². The molecule has 2 rings (SSSR count). The number of nitrogens with zero attached hydrogens (tertiary/aromatic N) is 2. The van der Waals surface area contributed by atoms with Gasteiger partial charge in [-0.15, -0.1) is 0 Å². The van der Waals surface area contributed by atoms with E-state index in [1.54, 1.807) is 5.70 Å². The molecule has 3 nitrogen and oxygen atoms in total. The van der Waals surface area contributed by atoms with Gasteiger partial charge in [0.25, 0.3) is 5.84 Å². The van der Waals surface area contributed by atoms with E-state index in [1.807, 2.05) is 12.2 Å². The first-order valence-electron chi connectivity index (χ1n) is 12.4. The van der Waals surface area contributed by atoms with Crippen molar-refractivity contribution in [3.05, 3.63) is 37.1 Å². The standard InChI is InChI=1S/C26H46N3/c1-3-22-28(23-4-2)26-19-14-11-15-20-27-21-16-24-29(26)25-17-12-9-7-5-6-8-10-13-18-25/h3-4,17,27H,1-2,5-16,18-24H2/q+1. The fourth-order valence-electron chi connectivity index (χ4n) is 4.65. The zero-order valence-electron chi connectivity index (χ0n) is 19.0. The highest BCUT2D eigenvalue weighted by atomic mass is 15.2. The van der Waals surface area contributed by atoms with Crippen LogP contribution in [0.2, 0.25) is 0 Å². The number of hydrogen-bond acceptors (Lipinski definition) is 1. The van der Waals surface area contributed by atoms with E-state index in [2.05, 4.69) is 34.0 Å². The first-order valence-corrected chi connectivity index (χ1v) is 12.4. The summed E-state index contributed by atoms with van der Waals surface area (Å²) >= 11 is 0. The molecule has 1 fully saturated rings. The SMILES string of the molecule is C=CC[N+](CC=C)=C1CCCCCNCCCN1C1=CCCCCCCCCC1. The lowest BCUT2D eigenvalue weighted by molar-refractivity contribution is -0.513. The van der Waals surface area contributed by atoms with Crippen molar-refractivity contribution in [2.75, 3.05) is 32.7 Å². The van der Waals surface area contributed by atoms with Crippen LogP contribution in [0.15, 0.2) is 37.1 Å². The Bertz CT molecular complexity index is 520. The van der Waals surface area contributed by atoms with E-state index < -0.39 is 0 Å². The second-order valence-electron chi connectivity index (χ2n) is 8.67. The minimum absolute atomic E-state index is 0.906. The van der Waals surface area contributed by atoms with Crippen LogP contribution >= 0.6 is 0 Å². The maximum Gasteiger partial charge on any atom is 0.252 e. The minimum atomic E-state index is 0.906. The average Bonchev–Trinajstić information content (AvgIpc) is 2.82. The van der Waals surface area contributed by atoms with E-state index in [9.17, 15) is 0 Å². The van der Waals surface area contributed by atoms with Gasteiger partial charge in [-0.1, -0.05) is 63.8 Å². The van der Waals surface area contributed by atoms with E-state index in [4.69, 9.17) is 0 Å². The second-order valence-corrected chi connectivity index (χ2v) is 8.67. The number of nitrogens with one attached hydrogen (secondary N) is 1. The molecule has 0 bridgehead atoms. The minimum Gasteiger partial charge on any atom is -0.317 e. The van der Waals surface area contributed by atoms with Crippen LogP contribution in [0.5, 0.6) is 0 Å². The van der Waals surface area contributed by atoms with Gasteiger partial charge in [0, 0.05) is 12.8 Å². The van der Waals surface area contributed by atoms with E-state index in [-0.39, 0.29) is 0 Å². The molecule has 3 heteroatoms. The molecule has 0 aromatic rings. The summed E-state index contributed by atoms with van der Waals surface area (Å²) in [5.41, 5.74) is 1.58. The number of amidine groups is 1. The Kier molecular flexibility index (Phi) is 12.8. The fourth-order valence-corrected chi connectivity index (χ4v) is 4.65. The van der Waals surface area contributed by atoms with Gasteiger partial charge in [0.15, 0.2) is 0 Å². The molecule has 1 heterocycles. The monoisotopic (exact) mass is 400 g/mol. The Morgan fingerprint density at radius 2 is 1.41 bits per heavy atom. The molecular weight excluding hydrogens is 354 g/mol. The Balaban J connectivity index is 2.33. The molecule has 1 N–H and O–H groups in total. The highest BCUT2D eigenvalue weighted by Crippen LogP contribution is 2.22. The lowest BCUT2D eigenvalue weighted by Crippen LogP contribution is -2.39. The van der Waals surface area contributed by atoms with Crippen molar-refractivity contribution < 1.29 is 4.58 Å². The lowest BCUT2D eigenvalue weighted by atomic mass is 10.1. The van der Waals surface area contributed by atoms with Crippen LogP contribution < -0.4 is 5.32 Å². The summed E-state index contributed by atoms with van der Waals surface area (Å²) in [5, 5.41) is 3.65. The van der Waals surface area contributed by atoms with Crippen molar-refractivity contribution in [2.24, 2.45) is 0 Å². The number of rotatable bonds is 5. The third kappa shape index (κ3) is 9.33. The zero-order chi connectivity index (χ0) is 20.6. The summed E-state index contributed by atoms with van der Waals surface area (Å²) in [7, 11) is 0. The predicted molar refractivity (Wildman–Crippen MR) is 128 cm³/mol. The molecule has 1 aliphatic carbocycles. The number of hydrogen-bond donors (Lipinski definition) is 1. The van der Waals surface area contributed by atoms with Crippen LogP contribution in [-0.2, 0) is 0 Å². The van der Waals surface area contributed by atoms with Crippen LogP contribution in [0.1, 0.15) is 89.9 Å². The van der Waals surface area contributed by atoms with Gasteiger partial charge in [0.1, 0.15) is 13.1 Å². The maximum absolute atomic E-state index is 4.03. The Morgan fingerprint density at radius 3 is 2.17 bits per heavy atom. The molecule has 0 aromatic carbocycles. The van der Waals surface area contributed by atoms with Gasteiger partial charge in [-0.05, 0) is 57.7 Å². The largest absolute Gasteiger partial charge is 0.317 e. The summed E-state index contributed by atoms with van der Waals surface area (Å²) in [4.78, 5) is 2.71. The summed E-state index contributed by atoms with van der Waals surface area (Å²) in [6, 6.07) is 0. The predicted octanol–water partition coefficient (Wildman–Crippen LogP) is 6.03. The molecule has 0 radical (unpaired) electrons. The first kappa shape index (κ1) is 23.9. The fraction of sp³-hybridized carbons (Fsp3) is 0.731. The molecule has 0 unspecified atom stereocenters. The van der Waals surface area contributed by atoms with Crippen molar-refractivity contribution in [1.82, 2.24) is 10.2 Å². The lowest BCUT2D eigenvalue weighted by Gasteiger charge is -2.25. The van der Waals surface area contributed by atoms with Gasteiger partial charge in [-0.25, -0.2) is 4.90 Å². The smallest absolute Gasteiger partial charge is 0.252 e. The van der Waals surface area contributed by atoms with E-state index in [0.717, 1.165) is 26.2 Å². The van der Waals surface area contributed by atoms with Gasteiger partial charge in [0.2, 0.25) is 0 Å². The molecule has 2 aliphatic rings. The van der Waals surface area contributed by atoms with Crippen molar-refractivity contribution in [2.45, 2.75) is 89.9 Å². The van der Waals surface area contributed by atoms with E-state index >= 15 is 0 Å². The van der Waals surface area contributed by atoms with Crippen LogP contribution in [0, 0.1) is 0 Å². The summed E-state index contributed by atoms with van der Waals surface area (Å²) in [5.74, 6) is 1.51. The summed E-state index contributed by atoms with van der Waals surface area (Å²) < 4.78 is 2.51. The third-order valence-electron chi connectivity index (χ3n) is 6.23. The van der Waals surface area contributed by atoms with E-state index in [0.29, 0.717) is 0 Å². The summed E-state index contributed by atoms with van der Waals surface area (Å²) in [6.07, 6.45) is 25.1. The van der Waals surface area contributed by atoms with Crippen molar-refractivity contribution in [3.8, 4) is 0 Å². The van der Waals surface area contributed by atoms with Crippen molar-refractivity contribution in [3.63, 3.8) is 0 Å². The molecule has 1 saturated heterocycles. The van der Waals surface area contributed by atoms with Crippen LogP contribution in [0.25, 0.3) is 0 Å². The second kappa shape index (κ2) is 15.5. The maximum atomic E-state index is 4.03.